The molecule has 4 rings (SSSR count). The molecule has 182 valence electrons. The van der Waals surface area contributed by atoms with Crippen LogP contribution in [0.2, 0.25) is 5.02 Å². The summed E-state index contributed by atoms with van der Waals surface area (Å²) in [4.78, 5) is 12.1. The largest absolute Gasteiger partial charge is 0.420 e. The summed E-state index contributed by atoms with van der Waals surface area (Å²) >= 11 is 9.63. The quantitative estimate of drug-likeness (QED) is 0.475. The number of halogens is 5. The lowest BCUT2D eigenvalue weighted by Crippen LogP contribution is -2.42. The molecule has 0 unspecified atom stereocenters. The number of aromatic nitrogens is 4. The molecule has 1 aliphatic rings. The summed E-state index contributed by atoms with van der Waals surface area (Å²) in [5.41, 5.74) is -0.854. The van der Waals surface area contributed by atoms with Crippen molar-refractivity contribution in [2.75, 3.05) is 24.7 Å². The van der Waals surface area contributed by atoms with E-state index < -0.39 is 21.8 Å². The zero-order chi connectivity index (χ0) is 24.7. The second-order valence-electron chi connectivity index (χ2n) is 7.77. The highest BCUT2D eigenvalue weighted by Gasteiger charge is 2.36. The van der Waals surface area contributed by atoms with E-state index in [1.54, 1.807) is 18.2 Å². The summed E-state index contributed by atoms with van der Waals surface area (Å²) in [5, 5.41) is 3.41. The van der Waals surface area contributed by atoms with E-state index in [9.17, 15) is 21.6 Å². The predicted molar refractivity (Wildman–Crippen MR) is 125 cm³/mol. The Balaban J connectivity index is 1.63. The molecular formula is C20H19BrClF3N6O2S. The summed E-state index contributed by atoms with van der Waals surface area (Å²) < 4.78 is 68.0. The van der Waals surface area contributed by atoms with Gasteiger partial charge in [-0.2, -0.15) is 13.2 Å². The standard InChI is InChI=1S/C20H19BrClF3N6O2S/c1-34(32,33)31-7-5-12(6-8-31)28-19-26-9-13(20(23,24)25)18(29-19)15-10-30(11-27-15)16-4-2-3-14(21)17(16)22/h2-4,9-12H,5-8H2,1H3,(H,26,28,29). The van der Waals surface area contributed by atoms with Crippen LogP contribution in [-0.4, -0.2) is 57.6 Å². The summed E-state index contributed by atoms with van der Waals surface area (Å²) in [6, 6.07) is 5.02. The number of nitrogens with one attached hydrogen (secondary N) is 1. The van der Waals surface area contributed by atoms with E-state index in [1.165, 1.54) is 21.4 Å². The van der Waals surface area contributed by atoms with Crippen LogP contribution in [0.15, 0.2) is 41.4 Å². The van der Waals surface area contributed by atoms with Gasteiger partial charge in [-0.25, -0.2) is 27.7 Å². The molecule has 1 N–H and O–H groups in total. The fraction of sp³-hybridized carbons (Fsp3) is 0.350. The topological polar surface area (TPSA) is 93.0 Å². The van der Waals surface area contributed by atoms with E-state index in [4.69, 9.17) is 11.6 Å². The number of benzene rings is 1. The molecular weight excluding hydrogens is 561 g/mol. The molecule has 0 saturated carbocycles. The van der Waals surface area contributed by atoms with Crippen molar-refractivity contribution < 1.29 is 21.6 Å². The van der Waals surface area contributed by atoms with E-state index in [-0.39, 0.29) is 23.4 Å². The molecule has 1 aliphatic heterocycles. The van der Waals surface area contributed by atoms with Gasteiger partial charge in [0.15, 0.2) is 0 Å². The van der Waals surface area contributed by atoms with Gasteiger partial charge in [0.2, 0.25) is 16.0 Å². The van der Waals surface area contributed by atoms with Crippen molar-refractivity contribution >= 4 is 43.5 Å². The zero-order valence-corrected chi connectivity index (χ0v) is 20.9. The van der Waals surface area contributed by atoms with Crippen LogP contribution < -0.4 is 5.32 Å². The third-order valence-corrected chi connectivity index (χ3v) is 7.97. The van der Waals surface area contributed by atoms with Crippen molar-refractivity contribution in [1.29, 1.82) is 0 Å². The zero-order valence-electron chi connectivity index (χ0n) is 17.7. The van der Waals surface area contributed by atoms with Crippen molar-refractivity contribution in [2.24, 2.45) is 0 Å². The molecule has 0 radical (unpaired) electrons. The SMILES string of the molecule is CS(=O)(=O)N1CCC(Nc2ncc(C(F)(F)F)c(-c3cn(-c4cccc(Br)c4Cl)cn3)n2)CC1. The van der Waals surface area contributed by atoms with Crippen LogP contribution >= 0.6 is 27.5 Å². The maximum absolute atomic E-state index is 13.7. The third-order valence-electron chi connectivity index (χ3n) is 5.38. The number of imidazole rings is 1. The molecule has 1 aromatic carbocycles. The van der Waals surface area contributed by atoms with Crippen molar-refractivity contribution in [3.63, 3.8) is 0 Å². The molecule has 3 aromatic rings. The Hall–Kier alpha value is -2.22. The molecule has 2 aromatic heterocycles. The third kappa shape index (κ3) is 5.37. The maximum Gasteiger partial charge on any atom is 0.420 e. The van der Waals surface area contributed by atoms with Gasteiger partial charge >= 0.3 is 6.18 Å². The second kappa shape index (κ2) is 9.44. The first-order valence-corrected chi connectivity index (χ1v) is 13.1. The van der Waals surface area contributed by atoms with Crippen LogP contribution in [0.25, 0.3) is 17.1 Å². The monoisotopic (exact) mass is 578 g/mol. The molecule has 1 saturated heterocycles. The Labute approximate surface area is 207 Å². The molecule has 34 heavy (non-hydrogen) atoms. The van der Waals surface area contributed by atoms with Gasteiger partial charge in [-0.15, -0.1) is 0 Å². The number of piperidine rings is 1. The summed E-state index contributed by atoms with van der Waals surface area (Å²) in [5.74, 6) is 0.0100. The van der Waals surface area contributed by atoms with Gasteiger partial charge in [0, 0.05) is 36.0 Å². The minimum absolute atomic E-state index is 0.000660. The number of rotatable bonds is 5. The normalized spacial score (nSPS) is 16.1. The van der Waals surface area contributed by atoms with Gasteiger partial charge in [-0.05, 0) is 40.9 Å². The molecule has 0 aliphatic carbocycles. The average Bonchev–Trinajstić information content (AvgIpc) is 3.24. The Bertz CT molecular complexity index is 1310. The van der Waals surface area contributed by atoms with Crippen LogP contribution in [0.1, 0.15) is 18.4 Å². The minimum atomic E-state index is -4.69. The predicted octanol–water partition coefficient (Wildman–Crippen LogP) is 4.60. The fourth-order valence-corrected chi connectivity index (χ4v) is 5.09. The minimum Gasteiger partial charge on any atom is -0.351 e. The first-order valence-electron chi connectivity index (χ1n) is 10.1. The maximum atomic E-state index is 13.7. The summed E-state index contributed by atoms with van der Waals surface area (Å²) in [6.45, 7) is 0.615. The van der Waals surface area contributed by atoms with Crippen LogP contribution in [-0.2, 0) is 16.2 Å². The lowest BCUT2D eigenvalue weighted by Gasteiger charge is -2.30. The van der Waals surface area contributed by atoms with Gasteiger partial charge in [-0.1, -0.05) is 17.7 Å². The van der Waals surface area contributed by atoms with Crippen LogP contribution in [0, 0.1) is 0 Å². The molecule has 0 bridgehead atoms. The molecule has 0 atom stereocenters. The van der Waals surface area contributed by atoms with Crippen LogP contribution in [0.3, 0.4) is 0 Å². The second-order valence-corrected chi connectivity index (χ2v) is 11.0. The molecule has 1 fully saturated rings. The number of sulfonamides is 1. The van der Waals surface area contributed by atoms with E-state index in [0.29, 0.717) is 41.1 Å². The van der Waals surface area contributed by atoms with E-state index in [0.717, 1.165) is 12.5 Å². The van der Waals surface area contributed by atoms with Gasteiger partial charge in [0.25, 0.3) is 0 Å². The van der Waals surface area contributed by atoms with Crippen molar-refractivity contribution in [2.45, 2.75) is 25.1 Å². The fourth-order valence-electron chi connectivity index (χ4n) is 3.64. The summed E-state index contributed by atoms with van der Waals surface area (Å²) in [6.07, 6.45) is 0.907. The van der Waals surface area contributed by atoms with Gasteiger partial charge in [0.1, 0.15) is 23.3 Å². The lowest BCUT2D eigenvalue weighted by atomic mass is 10.1. The van der Waals surface area contributed by atoms with Gasteiger partial charge in [-0.3, -0.25) is 0 Å². The first kappa shape index (κ1) is 24.9. The van der Waals surface area contributed by atoms with Crippen LogP contribution in [0.4, 0.5) is 19.1 Å². The highest BCUT2D eigenvalue weighted by Crippen LogP contribution is 2.36. The van der Waals surface area contributed by atoms with E-state index >= 15 is 0 Å². The molecule has 14 heteroatoms. The van der Waals surface area contributed by atoms with Crippen LogP contribution in [0.5, 0.6) is 0 Å². The molecule has 3 heterocycles. The van der Waals surface area contributed by atoms with Gasteiger partial charge < -0.3 is 9.88 Å². The Kier molecular flexibility index (Phi) is 6.91. The highest BCUT2D eigenvalue weighted by atomic mass is 79.9. The van der Waals surface area contributed by atoms with E-state index in [1.807, 2.05) is 0 Å². The van der Waals surface area contributed by atoms with E-state index in [2.05, 4.69) is 36.2 Å². The smallest absolute Gasteiger partial charge is 0.351 e. The number of alkyl halides is 3. The Morgan fingerprint density at radius 2 is 1.91 bits per heavy atom. The Morgan fingerprint density at radius 3 is 2.56 bits per heavy atom. The van der Waals surface area contributed by atoms with Gasteiger partial charge in [0.05, 0.1) is 17.0 Å². The highest BCUT2D eigenvalue weighted by molar-refractivity contribution is 9.10. The molecule has 8 nitrogen and oxygen atoms in total. The molecule has 0 amide bonds. The first-order chi connectivity index (χ1) is 15.9. The number of hydrogen-bond acceptors (Lipinski definition) is 6. The molecule has 0 spiro atoms. The number of nitrogens with zero attached hydrogens (tertiary/aromatic N) is 5. The lowest BCUT2D eigenvalue weighted by molar-refractivity contribution is -0.137. The Morgan fingerprint density at radius 1 is 1.21 bits per heavy atom. The number of hydrogen-bond donors (Lipinski definition) is 1. The summed E-state index contributed by atoms with van der Waals surface area (Å²) in [7, 11) is -3.29. The van der Waals surface area contributed by atoms with Crippen molar-refractivity contribution in [3.8, 4) is 17.1 Å². The average molecular weight is 580 g/mol. The van der Waals surface area contributed by atoms with Crippen molar-refractivity contribution in [1.82, 2.24) is 23.8 Å². The number of anilines is 1. The van der Waals surface area contributed by atoms with Crippen molar-refractivity contribution in [3.05, 3.63) is 52.0 Å².